The second-order valence-corrected chi connectivity index (χ2v) is 5.07. The van der Waals surface area contributed by atoms with Gasteiger partial charge in [-0.3, -0.25) is 4.99 Å². The third-order valence-corrected chi connectivity index (χ3v) is 3.63. The molecule has 0 saturated carbocycles. The lowest BCUT2D eigenvalue weighted by atomic mass is 10.0. The molecule has 2 aromatic carbocycles. The molecule has 0 saturated heterocycles. The predicted molar refractivity (Wildman–Crippen MR) is 79.2 cm³/mol. The molecule has 2 N–H and O–H groups in total. The number of hydrogen-bond acceptors (Lipinski definition) is 3. The molecule has 0 amide bonds. The summed E-state index contributed by atoms with van der Waals surface area (Å²) in [7, 11) is 0. The van der Waals surface area contributed by atoms with E-state index in [1.807, 2.05) is 36.1 Å². The number of hydrogen-bond donors (Lipinski definition) is 1. The lowest BCUT2D eigenvalue weighted by Crippen LogP contribution is -2.36. The van der Waals surface area contributed by atoms with Crippen molar-refractivity contribution in [2.24, 2.45) is 10.7 Å². The molecule has 1 atom stereocenters. The molecule has 3 rings (SSSR count). The molecule has 3 nitrogen and oxygen atoms in total. The molecule has 21 heavy (non-hydrogen) atoms. The number of nitrogens with two attached hydrogens (primary N) is 1. The number of guanidine groups is 1. The Morgan fingerprint density at radius 2 is 1.81 bits per heavy atom. The maximum Gasteiger partial charge on any atom is 0.196 e. The molecule has 1 aliphatic rings. The first-order chi connectivity index (χ1) is 10.1. The van der Waals surface area contributed by atoms with E-state index in [1.165, 1.54) is 12.1 Å². The molecule has 0 spiro atoms. The molecule has 0 aliphatic carbocycles. The zero-order valence-electron chi connectivity index (χ0n) is 11.6. The highest BCUT2D eigenvalue weighted by molar-refractivity contribution is 5.98. The van der Waals surface area contributed by atoms with Crippen LogP contribution >= 0.6 is 0 Å². The summed E-state index contributed by atoms with van der Waals surface area (Å²) in [4.78, 5) is 6.05. The zero-order valence-corrected chi connectivity index (χ0v) is 11.6. The van der Waals surface area contributed by atoms with E-state index in [0.29, 0.717) is 18.1 Å². The summed E-state index contributed by atoms with van der Waals surface area (Å²) < 4.78 is 26.9. The van der Waals surface area contributed by atoms with Gasteiger partial charge in [-0.05, 0) is 36.2 Å². The van der Waals surface area contributed by atoms with Crippen molar-refractivity contribution in [2.45, 2.75) is 13.0 Å². The van der Waals surface area contributed by atoms with Crippen LogP contribution in [-0.4, -0.2) is 12.5 Å². The number of nitrogens with zero attached hydrogens (tertiary/aromatic N) is 2. The van der Waals surface area contributed by atoms with Gasteiger partial charge in [0.15, 0.2) is 5.96 Å². The summed E-state index contributed by atoms with van der Waals surface area (Å²) in [6.07, 6.45) is 0. The van der Waals surface area contributed by atoms with Crippen molar-refractivity contribution in [1.82, 2.24) is 0 Å². The molecule has 1 unspecified atom stereocenters. The first kappa shape index (κ1) is 13.5. The van der Waals surface area contributed by atoms with Crippen molar-refractivity contribution in [3.05, 3.63) is 65.2 Å². The second-order valence-electron chi connectivity index (χ2n) is 5.07. The largest absolute Gasteiger partial charge is 0.369 e. The van der Waals surface area contributed by atoms with Gasteiger partial charge in [0.25, 0.3) is 0 Å². The Kier molecular flexibility index (Phi) is 3.33. The van der Waals surface area contributed by atoms with E-state index in [2.05, 4.69) is 4.99 Å². The lowest BCUT2D eigenvalue weighted by Gasteiger charge is -2.28. The molecule has 1 aliphatic heterocycles. The van der Waals surface area contributed by atoms with Gasteiger partial charge in [0.2, 0.25) is 0 Å². The monoisotopic (exact) mass is 287 g/mol. The summed E-state index contributed by atoms with van der Waals surface area (Å²) in [6, 6.07) is 10.9. The molecule has 0 bridgehead atoms. The van der Waals surface area contributed by atoms with Crippen LogP contribution in [0.1, 0.15) is 17.2 Å². The summed E-state index contributed by atoms with van der Waals surface area (Å²) >= 11 is 0. The van der Waals surface area contributed by atoms with Crippen LogP contribution in [0.25, 0.3) is 0 Å². The molecular formula is C16H15F2N3. The van der Waals surface area contributed by atoms with E-state index in [4.69, 9.17) is 5.73 Å². The summed E-state index contributed by atoms with van der Waals surface area (Å²) in [6.45, 7) is 2.34. The van der Waals surface area contributed by atoms with Crippen LogP contribution < -0.4 is 10.6 Å². The minimum atomic E-state index is -0.597. The fraction of sp³-hybridized carbons (Fsp3) is 0.188. The first-order valence-electron chi connectivity index (χ1n) is 6.67. The smallest absolute Gasteiger partial charge is 0.196 e. The van der Waals surface area contributed by atoms with E-state index >= 15 is 0 Å². The van der Waals surface area contributed by atoms with E-state index in [9.17, 15) is 8.78 Å². The number of halogens is 2. The Labute approximate surface area is 121 Å². The molecule has 5 heteroatoms. The van der Waals surface area contributed by atoms with Gasteiger partial charge in [-0.25, -0.2) is 8.78 Å². The number of benzene rings is 2. The Morgan fingerprint density at radius 1 is 1.14 bits per heavy atom. The van der Waals surface area contributed by atoms with Gasteiger partial charge in [0, 0.05) is 11.8 Å². The van der Waals surface area contributed by atoms with Gasteiger partial charge in [-0.15, -0.1) is 0 Å². The molecule has 0 radical (unpaired) electrons. The fourth-order valence-corrected chi connectivity index (χ4v) is 2.64. The highest BCUT2D eigenvalue weighted by Gasteiger charge is 2.30. The van der Waals surface area contributed by atoms with Crippen LogP contribution in [0.3, 0.4) is 0 Å². The number of anilines is 1. The summed E-state index contributed by atoms with van der Waals surface area (Å²) in [5, 5.41) is 0. The molecule has 0 fully saturated rings. The van der Waals surface area contributed by atoms with Crippen molar-refractivity contribution in [2.75, 3.05) is 11.4 Å². The highest BCUT2D eigenvalue weighted by Crippen LogP contribution is 2.33. The third-order valence-electron chi connectivity index (χ3n) is 3.63. The molecule has 1 heterocycles. The van der Waals surface area contributed by atoms with E-state index < -0.39 is 11.6 Å². The van der Waals surface area contributed by atoms with Crippen LogP contribution in [-0.2, 0) is 0 Å². The van der Waals surface area contributed by atoms with Crippen molar-refractivity contribution in [3.8, 4) is 0 Å². The minimum absolute atomic E-state index is 0.295. The number of aliphatic imine (C=N–C) groups is 1. The standard InChI is InChI=1S/C16H15F2N3/c1-10-4-2-3-5-14(10)21-15(9-20-16(21)19)11-6-12(17)8-13(18)7-11/h2-8,15H,9H2,1H3,(H2,19,20). The van der Waals surface area contributed by atoms with Crippen molar-refractivity contribution >= 4 is 11.6 Å². The Bertz CT molecular complexity index is 692. The van der Waals surface area contributed by atoms with Gasteiger partial charge in [0.1, 0.15) is 11.6 Å². The quantitative estimate of drug-likeness (QED) is 0.922. The third kappa shape index (κ3) is 2.46. The van der Waals surface area contributed by atoms with Gasteiger partial charge in [-0.1, -0.05) is 18.2 Å². The Balaban J connectivity index is 2.05. The van der Waals surface area contributed by atoms with E-state index in [1.54, 1.807) is 0 Å². The van der Waals surface area contributed by atoms with Crippen LogP contribution in [0, 0.1) is 18.6 Å². The van der Waals surface area contributed by atoms with Gasteiger partial charge >= 0.3 is 0 Å². The van der Waals surface area contributed by atoms with Crippen LogP contribution in [0.4, 0.5) is 14.5 Å². The molecule has 108 valence electrons. The van der Waals surface area contributed by atoms with E-state index in [-0.39, 0.29) is 6.04 Å². The second kappa shape index (κ2) is 5.16. The fourth-order valence-electron chi connectivity index (χ4n) is 2.64. The van der Waals surface area contributed by atoms with Gasteiger partial charge in [-0.2, -0.15) is 0 Å². The van der Waals surface area contributed by atoms with Gasteiger partial charge < -0.3 is 10.6 Å². The molecule has 2 aromatic rings. The SMILES string of the molecule is Cc1ccccc1N1C(N)=NCC1c1cc(F)cc(F)c1. The number of aryl methyl sites for hydroxylation is 1. The highest BCUT2D eigenvalue weighted by atomic mass is 19.1. The normalized spacial score (nSPS) is 18.0. The summed E-state index contributed by atoms with van der Waals surface area (Å²) in [5.74, 6) is -0.834. The summed E-state index contributed by atoms with van der Waals surface area (Å²) in [5.41, 5.74) is 8.42. The topological polar surface area (TPSA) is 41.6 Å². The average molecular weight is 287 g/mol. The van der Waals surface area contributed by atoms with Gasteiger partial charge in [0.05, 0.1) is 12.6 Å². The minimum Gasteiger partial charge on any atom is -0.369 e. The number of para-hydroxylation sites is 1. The lowest BCUT2D eigenvalue weighted by molar-refractivity contribution is 0.575. The maximum absolute atomic E-state index is 13.5. The van der Waals surface area contributed by atoms with Crippen molar-refractivity contribution < 1.29 is 8.78 Å². The average Bonchev–Trinajstić information content (AvgIpc) is 2.80. The molecule has 0 aromatic heterocycles. The molecular weight excluding hydrogens is 272 g/mol. The zero-order chi connectivity index (χ0) is 15.0. The van der Waals surface area contributed by atoms with Crippen LogP contribution in [0.5, 0.6) is 0 Å². The van der Waals surface area contributed by atoms with Crippen LogP contribution in [0.2, 0.25) is 0 Å². The van der Waals surface area contributed by atoms with Crippen molar-refractivity contribution in [1.29, 1.82) is 0 Å². The Morgan fingerprint density at radius 3 is 2.48 bits per heavy atom. The Hall–Kier alpha value is -2.43. The predicted octanol–water partition coefficient (Wildman–Crippen LogP) is 3.15. The first-order valence-corrected chi connectivity index (χ1v) is 6.67. The van der Waals surface area contributed by atoms with E-state index in [0.717, 1.165) is 17.3 Å². The van der Waals surface area contributed by atoms with Crippen LogP contribution in [0.15, 0.2) is 47.5 Å². The number of rotatable bonds is 2. The van der Waals surface area contributed by atoms with Crippen molar-refractivity contribution in [3.63, 3.8) is 0 Å². The maximum atomic E-state index is 13.5.